The van der Waals surface area contributed by atoms with Crippen LogP contribution in [0.25, 0.3) is 0 Å². The number of rotatable bonds is 6. The maximum atomic E-state index is 6.11. The minimum atomic E-state index is -0.134. The highest BCUT2D eigenvalue weighted by Gasteiger charge is 2.24. The molecule has 7 heteroatoms. The van der Waals surface area contributed by atoms with E-state index in [2.05, 4.69) is 48.1 Å². The zero-order valence-electron chi connectivity index (χ0n) is 16.7. The van der Waals surface area contributed by atoms with E-state index >= 15 is 0 Å². The van der Waals surface area contributed by atoms with Gasteiger partial charge in [0.05, 0.1) is 6.54 Å². The van der Waals surface area contributed by atoms with Gasteiger partial charge in [-0.2, -0.15) is 0 Å². The van der Waals surface area contributed by atoms with Crippen LogP contribution in [0.5, 0.6) is 11.5 Å². The molecule has 0 saturated carbocycles. The molecule has 1 aromatic carbocycles. The second-order valence-electron chi connectivity index (χ2n) is 7.75. The van der Waals surface area contributed by atoms with Crippen LogP contribution in [0, 0.1) is 0 Å². The predicted octanol–water partition coefficient (Wildman–Crippen LogP) is 2.74. The molecular formula is C20H33IN4O2. The molecule has 2 heterocycles. The van der Waals surface area contributed by atoms with E-state index in [4.69, 9.17) is 15.2 Å². The summed E-state index contributed by atoms with van der Waals surface area (Å²) >= 11 is 0. The number of hydrogen-bond acceptors (Lipinski definition) is 4. The molecule has 1 fully saturated rings. The maximum Gasteiger partial charge on any atom is 0.188 e. The third kappa shape index (κ3) is 5.63. The van der Waals surface area contributed by atoms with Crippen LogP contribution >= 0.6 is 24.0 Å². The van der Waals surface area contributed by atoms with Crippen molar-refractivity contribution in [3.8, 4) is 11.5 Å². The highest BCUT2D eigenvalue weighted by atomic mass is 127. The number of nitrogens with zero attached hydrogens (tertiary/aromatic N) is 2. The van der Waals surface area contributed by atoms with E-state index in [1.807, 2.05) is 6.07 Å². The molecule has 2 aliphatic heterocycles. The molecule has 1 unspecified atom stereocenters. The highest BCUT2D eigenvalue weighted by Crippen LogP contribution is 2.35. The molecule has 1 saturated heterocycles. The molecule has 2 aliphatic rings. The average molecular weight is 488 g/mol. The Bertz CT molecular complexity index is 651. The van der Waals surface area contributed by atoms with E-state index in [0.717, 1.165) is 24.6 Å². The standard InChI is InChI=1S/C20H32N4O2.HI/c1-4-24-9-5-6-16(24)13-22-19(21)23-14-20(2,3)15-7-8-17-18(12-15)26-11-10-25-17;/h7-8,12,16H,4-6,9-11,13-14H2,1-3H3,(H3,21,22,23);1H. The molecule has 27 heavy (non-hydrogen) atoms. The SMILES string of the molecule is CCN1CCCC1CNC(N)=NCC(C)(C)c1ccc2c(c1)OCCO2.I. The van der Waals surface area contributed by atoms with Crippen LogP contribution in [0.3, 0.4) is 0 Å². The number of halogens is 1. The maximum absolute atomic E-state index is 6.11. The number of benzene rings is 1. The Morgan fingerprint density at radius 2 is 2.04 bits per heavy atom. The summed E-state index contributed by atoms with van der Waals surface area (Å²) in [4.78, 5) is 7.09. The van der Waals surface area contributed by atoms with Gasteiger partial charge in [0.15, 0.2) is 17.5 Å². The van der Waals surface area contributed by atoms with Crippen LogP contribution in [0.15, 0.2) is 23.2 Å². The van der Waals surface area contributed by atoms with Crippen LogP contribution < -0.4 is 20.5 Å². The first kappa shape index (κ1) is 22.1. The fourth-order valence-electron chi connectivity index (χ4n) is 3.66. The van der Waals surface area contributed by atoms with Gasteiger partial charge in [0.25, 0.3) is 0 Å². The van der Waals surface area contributed by atoms with Gasteiger partial charge in [0.2, 0.25) is 0 Å². The van der Waals surface area contributed by atoms with E-state index in [-0.39, 0.29) is 29.4 Å². The number of hydrogen-bond donors (Lipinski definition) is 2. The van der Waals surface area contributed by atoms with Gasteiger partial charge in [-0.15, -0.1) is 24.0 Å². The summed E-state index contributed by atoms with van der Waals surface area (Å²) in [5.41, 5.74) is 7.15. The zero-order valence-corrected chi connectivity index (χ0v) is 19.0. The van der Waals surface area contributed by atoms with Crippen LogP contribution in [0.4, 0.5) is 0 Å². The lowest BCUT2D eigenvalue weighted by atomic mass is 9.84. The predicted molar refractivity (Wildman–Crippen MR) is 121 cm³/mol. The normalized spacial score (nSPS) is 20.3. The Balaban J connectivity index is 0.00000261. The van der Waals surface area contributed by atoms with Gasteiger partial charge in [-0.1, -0.05) is 26.8 Å². The summed E-state index contributed by atoms with van der Waals surface area (Å²) in [5.74, 6) is 2.16. The van der Waals surface area contributed by atoms with Crippen LogP contribution in [-0.2, 0) is 5.41 Å². The number of nitrogens with two attached hydrogens (primary N) is 1. The fourth-order valence-corrected chi connectivity index (χ4v) is 3.66. The van der Waals surface area contributed by atoms with Crippen molar-refractivity contribution in [2.24, 2.45) is 10.7 Å². The minimum absolute atomic E-state index is 0. The number of likely N-dealkylation sites (tertiary alicyclic amines) is 1. The quantitative estimate of drug-likeness (QED) is 0.366. The molecule has 0 amide bonds. The summed E-state index contributed by atoms with van der Waals surface area (Å²) in [5, 5.41) is 3.30. The van der Waals surface area contributed by atoms with Gasteiger partial charge in [-0.3, -0.25) is 9.89 Å². The van der Waals surface area contributed by atoms with Crippen molar-refractivity contribution in [1.82, 2.24) is 10.2 Å². The number of ether oxygens (including phenoxy) is 2. The monoisotopic (exact) mass is 488 g/mol. The van der Waals surface area contributed by atoms with Crippen LogP contribution in [-0.4, -0.2) is 56.3 Å². The van der Waals surface area contributed by atoms with Crippen LogP contribution in [0.2, 0.25) is 0 Å². The first-order chi connectivity index (χ1) is 12.5. The molecule has 1 aromatic rings. The third-order valence-corrected chi connectivity index (χ3v) is 5.39. The molecule has 3 rings (SSSR count). The lowest BCUT2D eigenvalue weighted by Crippen LogP contribution is -2.43. The van der Waals surface area contributed by atoms with Gasteiger partial charge < -0.3 is 20.5 Å². The summed E-state index contributed by atoms with van der Waals surface area (Å²) in [7, 11) is 0. The van der Waals surface area contributed by atoms with E-state index in [0.29, 0.717) is 31.8 Å². The number of aliphatic imine (C=N–C) groups is 1. The molecule has 0 bridgehead atoms. The zero-order chi connectivity index (χ0) is 18.6. The molecule has 152 valence electrons. The van der Waals surface area contributed by atoms with Crippen molar-refractivity contribution in [1.29, 1.82) is 0 Å². The van der Waals surface area contributed by atoms with Gasteiger partial charge in [0.1, 0.15) is 13.2 Å². The molecule has 3 N–H and O–H groups in total. The summed E-state index contributed by atoms with van der Waals surface area (Å²) < 4.78 is 11.3. The number of nitrogens with one attached hydrogen (secondary N) is 1. The van der Waals surface area contributed by atoms with Gasteiger partial charge in [-0.05, 0) is 43.6 Å². The third-order valence-electron chi connectivity index (χ3n) is 5.39. The first-order valence-corrected chi connectivity index (χ1v) is 9.67. The van der Waals surface area contributed by atoms with Crippen molar-refractivity contribution in [3.05, 3.63) is 23.8 Å². The molecule has 6 nitrogen and oxygen atoms in total. The van der Waals surface area contributed by atoms with Crippen molar-refractivity contribution < 1.29 is 9.47 Å². The number of guanidine groups is 1. The Labute approximate surface area is 179 Å². The van der Waals surface area contributed by atoms with Gasteiger partial charge >= 0.3 is 0 Å². The highest BCUT2D eigenvalue weighted by molar-refractivity contribution is 14.0. The molecule has 0 aromatic heterocycles. The van der Waals surface area contributed by atoms with E-state index < -0.39 is 0 Å². The van der Waals surface area contributed by atoms with Crippen LogP contribution in [0.1, 0.15) is 39.2 Å². The summed E-state index contributed by atoms with van der Waals surface area (Å²) in [6, 6.07) is 6.70. The Hall–Kier alpha value is -1.22. The molecule has 0 aliphatic carbocycles. The second kappa shape index (κ2) is 9.82. The van der Waals surface area contributed by atoms with Crippen molar-refractivity contribution in [2.75, 3.05) is 39.4 Å². The van der Waals surface area contributed by atoms with Crippen molar-refractivity contribution >= 4 is 29.9 Å². The van der Waals surface area contributed by atoms with E-state index in [1.165, 1.54) is 24.9 Å². The lowest BCUT2D eigenvalue weighted by Gasteiger charge is -2.26. The molecule has 0 spiro atoms. The van der Waals surface area contributed by atoms with Crippen molar-refractivity contribution in [3.63, 3.8) is 0 Å². The van der Waals surface area contributed by atoms with Gasteiger partial charge in [0, 0.05) is 18.0 Å². The summed E-state index contributed by atoms with van der Waals surface area (Å²) in [6.45, 7) is 11.5. The second-order valence-corrected chi connectivity index (χ2v) is 7.75. The average Bonchev–Trinajstić information content (AvgIpc) is 3.12. The largest absolute Gasteiger partial charge is 0.486 e. The minimum Gasteiger partial charge on any atom is -0.486 e. The smallest absolute Gasteiger partial charge is 0.188 e. The molecule has 0 radical (unpaired) electrons. The lowest BCUT2D eigenvalue weighted by molar-refractivity contribution is 0.171. The van der Waals surface area contributed by atoms with Gasteiger partial charge in [-0.25, -0.2) is 0 Å². The number of likely N-dealkylation sites (N-methyl/N-ethyl adjacent to an activating group) is 1. The Morgan fingerprint density at radius 1 is 1.30 bits per heavy atom. The molecule has 1 atom stereocenters. The van der Waals surface area contributed by atoms with Crippen molar-refractivity contribution in [2.45, 2.75) is 45.1 Å². The number of fused-ring (bicyclic) bond motifs is 1. The van der Waals surface area contributed by atoms with E-state index in [1.54, 1.807) is 0 Å². The molecular weight excluding hydrogens is 455 g/mol. The fraction of sp³-hybridized carbons (Fsp3) is 0.650. The topological polar surface area (TPSA) is 72.1 Å². The summed E-state index contributed by atoms with van der Waals surface area (Å²) in [6.07, 6.45) is 2.51. The first-order valence-electron chi connectivity index (χ1n) is 9.67. The Morgan fingerprint density at radius 3 is 2.78 bits per heavy atom. The Kier molecular flexibility index (Phi) is 8.03. The van der Waals surface area contributed by atoms with E-state index in [9.17, 15) is 0 Å².